The average molecular weight is 478 g/mol. The molecule has 8 heteroatoms. The number of hydrogen-bond acceptors (Lipinski definition) is 7. The normalized spacial score (nSPS) is 15.0. The Morgan fingerprint density at radius 3 is 2.61 bits per heavy atom. The number of hydrogen-bond donors (Lipinski definition) is 3. The Hall–Kier alpha value is -4.59. The van der Waals surface area contributed by atoms with Crippen molar-refractivity contribution in [2.24, 2.45) is 0 Å². The van der Waals surface area contributed by atoms with Crippen LogP contribution in [0.2, 0.25) is 0 Å². The van der Waals surface area contributed by atoms with Gasteiger partial charge in [0.15, 0.2) is 5.65 Å². The van der Waals surface area contributed by atoms with E-state index in [9.17, 15) is 0 Å². The highest BCUT2D eigenvalue weighted by Crippen LogP contribution is 2.31. The molecule has 0 saturated carbocycles. The molecule has 0 bridgehead atoms. The third kappa shape index (κ3) is 4.65. The largest absolute Gasteiger partial charge is 0.489 e. The number of aromatic nitrogens is 4. The zero-order valence-electron chi connectivity index (χ0n) is 19.8. The summed E-state index contributed by atoms with van der Waals surface area (Å²) in [6.07, 6.45) is 2.62. The van der Waals surface area contributed by atoms with Gasteiger partial charge in [0.25, 0.3) is 0 Å². The molecule has 1 unspecified atom stereocenters. The van der Waals surface area contributed by atoms with Crippen molar-refractivity contribution in [3.8, 4) is 5.75 Å². The van der Waals surface area contributed by atoms with Gasteiger partial charge in [0.2, 0.25) is 5.95 Å². The van der Waals surface area contributed by atoms with Crippen LogP contribution in [0.3, 0.4) is 0 Å². The topological polar surface area (TPSA) is 105 Å². The van der Waals surface area contributed by atoms with E-state index in [4.69, 9.17) is 10.5 Å². The van der Waals surface area contributed by atoms with Gasteiger partial charge in [0.05, 0.1) is 11.6 Å². The van der Waals surface area contributed by atoms with E-state index in [1.165, 1.54) is 16.8 Å². The number of H-pyrrole nitrogens is 1. The van der Waals surface area contributed by atoms with Crippen molar-refractivity contribution in [2.75, 3.05) is 22.5 Å². The van der Waals surface area contributed by atoms with Crippen LogP contribution < -0.4 is 20.7 Å². The van der Waals surface area contributed by atoms with Gasteiger partial charge in [-0.25, -0.2) is 0 Å². The first-order valence-electron chi connectivity index (χ1n) is 12.0. The third-order valence-electron chi connectivity index (χ3n) is 6.45. The maximum Gasteiger partial charge on any atom is 0.224 e. The summed E-state index contributed by atoms with van der Waals surface area (Å²) in [4.78, 5) is 11.1. The van der Waals surface area contributed by atoms with Crippen LogP contribution in [-0.4, -0.2) is 32.8 Å². The van der Waals surface area contributed by atoms with Crippen LogP contribution in [0.25, 0.3) is 11.0 Å². The Bertz CT molecular complexity index is 1470. The smallest absolute Gasteiger partial charge is 0.224 e. The number of nitrogen functional groups attached to an aromatic ring is 1. The van der Waals surface area contributed by atoms with Gasteiger partial charge >= 0.3 is 0 Å². The molecule has 4 N–H and O–H groups in total. The second kappa shape index (κ2) is 9.58. The summed E-state index contributed by atoms with van der Waals surface area (Å²) in [6.45, 7) is 2.18. The summed E-state index contributed by atoms with van der Waals surface area (Å²) in [6, 6.07) is 27.3. The summed E-state index contributed by atoms with van der Waals surface area (Å²) in [5.74, 6) is 1.79. The van der Waals surface area contributed by atoms with Gasteiger partial charge < -0.3 is 20.7 Å². The summed E-state index contributed by atoms with van der Waals surface area (Å²) < 4.78 is 5.96. The molecule has 1 atom stereocenters. The van der Waals surface area contributed by atoms with Gasteiger partial charge in [-0.2, -0.15) is 15.1 Å². The van der Waals surface area contributed by atoms with Crippen LogP contribution in [0.15, 0.2) is 85.1 Å². The van der Waals surface area contributed by atoms with Gasteiger partial charge in [-0.15, -0.1) is 0 Å². The molecule has 1 aliphatic rings. The number of fused-ring (bicyclic) bond motifs is 2. The number of benzene rings is 3. The average Bonchev–Trinajstić information content (AvgIpc) is 3.38. The number of para-hydroxylation sites is 1. The molecule has 3 aromatic carbocycles. The summed E-state index contributed by atoms with van der Waals surface area (Å²) in [7, 11) is 0. The van der Waals surface area contributed by atoms with Crippen LogP contribution >= 0.6 is 0 Å². The van der Waals surface area contributed by atoms with E-state index in [1.54, 1.807) is 6.20 Å². The molecule has 2 aromatic heterocycles. The fourth-order valence-corrected chi connectivity index (χ4v) is 4.74. The number of nitrogens with two attached hydrogens (primary N) is 1. The van der Waals surface area contributed by atoms with E-state index in [0.29, 0.717) is 18.1 Å². The first kappa shape index (κ1) is 21.9. The van der Waals surface area contributed by atoms with Crippen molar-refractivity contribution < 1.29 is 4.74 Å². The Morgan fingerprint density at radius 2 is 1.75 bits per heavy atom. The van der Waals surface area contributed by atoms with Gasteiger partial charge in [-0.05, 0) is 41.3 Å². The molecule has 5 aromatic rings. The highest BCUT2D eigenvalue weighted by Gasteiger charge is 2.25. The summed E-state index contributed by atoms with van der Waals surface area (Å²) in [5, 5.41) is 11.4. The van der Waals surface area contributed by atoms with E-state index in [1.807, 2.05) is 30.3 Å². The number of nitrogens with one attached hydrogen (secondary N) is 2. The highest BCUT2D eigenvalue weighted by atomic mass is 16.5. The van der Waals surface area contributed by atoms with Crippen LogP contribution in [0.5, 0.6) is 5.75 Å². The zero-order valence-corrected chi connectivity index (χ0v) is 19.8. The molecule has 180 valence electrons. The van der Waals surface area contributed by atoms with E-state index in [2.05, 4.69) is 78.9 Å². The fourth-order valence-electron chi connectivity index (χ4n) is 4.74. The zero-order chi connectivity index (χ0) is 24.3. The number of nitrogens with zero attached hydrogens (tertiary/aromatic N) is 4. The van der Waals surface area contributed by atoms with Crippen molar-refractivity contribution >= 4 is 28.5 Å². The van der Waals surface area contributed by atoms with Crippen molar-refractivity contribution in [1.82, 2.24) is 20.2 Å². The highest BCUT2D eigenvalue weighted by molar-refractivity contribution is 5.87. The molecule has 0 aliphatic carbocycles. The van der Waals surface area contributed by atoms with E-state index >= 15 is 0 Å². The minimum absolute atomic E-state index is 0.153. The minimum Gasteiger partial charge on any atom is -0.489 e. The molecule has 6 rings (SSSR count). The molecule has 0 saturated heterocycles. The number of anilines is 3. The minimum atomic E-state index is 0.153. The summed E-state index contributed by atoms with van der Waals surface area (Å²) in [5.41, 5.74) is 11.5. The molecule has 0 spiro atoms. The van der Waals surface area contributed by atoms with Gasteiger partial charge in [-0.1, -0.05) is 60.7 Å². The SMILES string of the molecule is Nc1nc(NC2Cc3ccccc3N(Cc3ccc(OCc4ccccc4)cc3)C2)c2cn[nH]c2n1. The van der Waals surface area contributed by atoms with Crippen LogP contribution in [0.4, 0.5) is 17.5 Å². The monoisotopic (exact) mass is 477 g/mol. The maximum atomic E-state index is 5.96. The van der Waals surface area contributed by atoms with Gasteiger partial charge in [0.1, 0.15) is 18.2 Å². The molecule has 0 radical (unpaired) electrons. The first-order chi connectivity index (χ1) is 17.7. The molecule has 36 heavy (non-hydrogen) atoms. The lowest BCUT2D eigenvalue weighted by atomic mass is 9.97. The molecular formula is C28H27N7O. The van der Waals surface area contributed by atoms with E-state index < -0.39 is 0 Å². The van der Waals surface area contributed by atoms with Crippen molar-refractivity contribution in [3.63, 3.8) is 0 Å². The quantitative estimate of drug-likeness (QED) is 0.316. The third-order valence-corrected chi connectivity index (χ3v) is 6.45. The van der Waals surface area contributed by atoms with Crippen molar-refractivity contribution in [2.45, 2.75) is 25.6 Å². The molecular weight excluding hydrogens is 450 g/mol. The molecule has 0 fully saturated rings. The lowest BCUT2D eigenvalue weighted by molar-refractivity contribution is 0.306. The Kier molecular flexibility index (Phi) is 5.83. The molecule has 1 aliphatic heterocycles. The number of rotatable bonds is 7. The Morgan fingerprint density at radius 1 is 0.944 bits per heavy atom. The Labute approximate surface area is 209 Å². The van der Waals surface area contributed by atoms with Gasteiger partial charge in [0, 0.05) is 24.8 Å². The van der Waals surface area contributed by atoms with E-state index in [0.717, 1.165) is 36.2 Å². The maximum absolute atomic E-state index is 5.96. The number of aromatic amines is 1. The van der Waals surface area contributed by atoms with Crippen molar-refractivity contribution in [1.29, 1.82) is 0 Å². The van der Waals surface area contributed by atoms with Crippen molar-refractivity contribution in [3.05, 3.63) is 102 Å². The first-order valence-corrected chi connectivity index (χ1v) is 12.0. The Balaban J connectivity index is 1.18. The second-order valence-corrected chi connectivity index (χ2v) is 9.04. The standard InChI is InChI=1S/C28H27N7O/c29-28-32-26(24-15-30-34-27(24)33-28)31-22-14-21-8-4-5-9-25(21)35(17-22)16-19-10-12-23(13-11-19)36-18-20-6-2-1-3-7-20/h1-13,15,22H,14,16-18H2,(H4,29,30,31,32,33,34). The predicted molar refractivity (Wildman–Crippen MR) is 142 cm³/mol. The second-order valence-electron chi connectivity index (χ2n) is 9.04. The van der Waals surface area contributed by atoms with Crippen LogP contribution in [0, 0.1) is 0 Å². The fraction of sp³-hybridized carbons (Fsp3) is 0.179. The molecule has 0 amide bonds. The van der Waals surface area contributed by atoms with Gasteiger partial charge in [-0.3, -0.25) is 5.10 Å². The van der Waals surface area contributed by atoms with Crippen LogP contribution in [-0.2, 0) is 19.6 Å². The van der Waals surface area contributed by atoms with E-state index in [-0.39, 0.29) is 12.0 Å². The predicted octanol–water partition coefficient (Wildman–Crippen LogP) is 4.56. The number of ether oxygens (including phenoxy) is 1. The summed E-state index contributed by atoms with van der Waals surface area (Å²) >= 11 is 0. The van der Waals surface area contributed by atoms with Crippen LogP contribution in [0.1, 0.15) is 16.7 Å². The lowest BCUT2D eigenvalue weighted by Crippen LogP contribution is -2.42. The molecule has 3 heterocycles. The lowest BCUT2D eigenvalue weighted by Gasteiger charge is -2.37. The molecule has 8 nitrogen and oxygen atoms in total.